The summed E-state index contributed by atoms with van der Waals surface area (Å²) in [4.78, 5) is 13.8. The summed E-state index contributed by atoms with van der Waals surface area (Å²) in [6.45, 7) is 13.1. The maximum Gasteiger partial charge on any atom is 0.308 e. The molecule has 0 aromatic heterocycles. The van der Waals surface area contributed by atoms with Gasteiger partial charge in [0.05, 0.1) is 72.5 Å². The Labute approximate surface area is 205 Å². The molecular formula is C25H43NO8. The van der Waals surface area contributed by atoms with Crippen LogP contribution in [0.25, 0.3) is 0 Å². The molecule has 0 aliphatic rings. The van der Waals surface area contributed by atoms with Gasteiger partial charge in [-0.15, -0.1) is 12.8 Å². The molecule has 0 spiro atoms. The van der Waals surface area contributed by atoms with Crippen LogP contribution >= 0.6 is 0 Å². The van der Waals surface area contributed by atoms with Crippen LogP contribution in [0.4, 0.5) is 0 Å². The third-order valence-electron chi connectivity index (χ3n) is 4.01. The fraction of sp³-hybridized carbons (Fsp3) is 0.800. The normalized spacial score (nSPS) is 11.4. The molecule has 34 heavy (non-hydrogen) atoms. The van der Waals surface area contributed by atoms with Gasteiger partial charge in [-0.05, 0) is 20.8 Å². The van der Waals surface area contributed by atoms with Crippen molar-refractivity contribution in [2.24, 2.45) is 0 Å². The Kier molecular flexibility index (Phi) is 21.9. The van der Waals surface area contributed by atoms with Gasteiger partial charge in [0.25, 0.3) is 0 Å². The summed E-state index contributed by atoms with van der Waals surface area (Å²) in [6, 6.07) is 0. The molecule has 196 valence electrons. The quantitative estimate of drug-likeness (QED) is 0.121. The Bertz CT molecular complexity index is 537. The van der Waals surface area contributed by atoms with E-state index in [0.717, 1.165) is 19.6 Å². The monoisotopic (exact) mass is 485 g/mol. The molecule has 9 heteroatoms. The van der Waals surface area contributed by atoms with Crippen molar-refractivity contribution in [2.75, 3.05) is 98.9 Å². The van der Waals surface area contributed by atoms with Gasteiger partial charge in [-0.1, -0.05) is 11.8 Å². The van der Waals surface area contributed by atoms with E-state index < -0.39 is 5.60 Å². The highest BCUT2D eigenvalue weighted by molar-refractivity contribution is 5.69. The fourth-order valence-electron chi connectivity index (χ4n) is 2.49. The second-order valence-corrected chi connectivity index (χ2v) is 8.14. The van der Waals surface area contributed by atoms with Gasteiger partial charge in [0.1, 0.15) is 18.8 Å². The lowest BCUT2D eigenvalue weighted by Gasteiger charge is -2.22. The van der Waals surface area contributed by atoms with Crippen LogP contribution in [-0.2, 0) is 38.0 Å². The molecule has 0 aliphatic carbocycles. The minimum Gasteiger partial charge on any atom is -0.460 e. The highest BCUT2D eigenvalue weighted by atomic mass is 16.6. The molecule has 0 bridgehead atoms. The Morgan fingerprint density at radius 1 is 0.647 bits per heavy atom. The number of terminal acetylenes is 2. The zero-order valence-electron chi connectivity index (χ0n) is 21.2. The summed E-state index contributed by atoms with van der Waals surface area (Å²) in [5.74, 6) is 4.57. The van der Waals surface area contributed by atoms with Gasteiger partial charge in [0.2, 0.25) is 0 Å². The van der Waals surface area contributed by atoms with Crippen molar-refractivity contribution in [3.8, 4) is 24.7 Å². The fourth-order valence-corrected chi connectivity index (χ4v) is 2.49. The van der Waals surface area contributed by atoms with Crippen molar-refractivity contribution in [1.82, 2.24) is 4.90 Å². The van der Waals surface area contributed by atoms with E-state index in [-0.39, 0.29) is 12.4 Å². The first-order valence-corrected chi connectivity index (χ1v) is 11.7. The zero-order chi connectivity index (χ0) is 25.3. The van der Waals surface area contributed by atoms with E-state index in [1.165, 1.54) is 0 Å². The third-order valence-corrected chi connectivity index (χ3v) is 4.01. The predicted molar refractivity (Wildman–Crippen MR) is 129 cm³/mol. The van der Waals surface area contributed by atoms with Gasteiger partial charge in [-0.25, -0.2) is 0 Å². The molecule has 0 aromatic carbocycles. The van der Waals surface area contributed by atoms with E-state index in [9.17, 15) is 4.79 Å². The predicted octanol–water partition coefficient (Wildman–Crippen LogP) is 1.39. The molecular weight excluding hydrogens is 442 g/mol. The number of hydrogen-bond donors (Lipinski definition) is 0. The van der Waals surface area contributed by atoms with Crippen molar-refractivity contribution in [2.45, 2.75) is 32.8 Å². The van der Waals surface area contributed by atoms with Crippen LogP contribution in [0.2, 0.25) is 0 Å². The molecule has 0 radical (unpaired) electrons. The minimum atomic E-state index is -0.479. The topological polar surface area (TPSA) is 84.9 Å². The summed E-state index contributed by atoms with van der Waals surface area (Å²) >= 11 is 0. The molecule has 0 rings (SSSR count). The number of rotatable bonds is 23. The van der Waals surface area contributed by atoms with Crippen molar-refractivity contribution in [3.05, 3.63) is 0 Å². The highest BCUT2D eigenvalue weighted by Gasteiger charge is 2.15. The SMILES string of the molecule is C#CCOCCOCCN(CCOCCOCC#C)CCOCCOCCC(=O)OC(C)(C)C. The van der Waals surface area contributed by atoms with Crippen LogP contribution in [-0.4, -0.2) is 115 Å². The molecule has 0 aliphatic heterocycles. The maximum absolute atomic E-state index is 11.6. The van der Waals surface area contributed by atoms with Crippen molar-refractivity contribution in [3.63, 3.8) is 0 Å². The van der Waals surface area contributed by atoms with Gasteiger partial charge in [-0.3, -0.25) is 9.69 Å². The Balaban J connectivity index is 3.94. The van der Waals surface area contributed by atoms with Gasteiger partial charge in [-0.2, -0.15) is 0 Å². The second-order valence-electron chi connectivity index (χ2n) is 8.14. The van der Waals surface area contributed by atoms with Gasteiger partial charge >= 0.3 is 5.97 Å². The van der Waals surface area contributed by atoms with Gasteiger partial charge in [0.15, 0.2) is 0 Å². The first kappa shape index (κ1) is 32.3. The largest absolute Gasteiger partial charge is 0.460 e. The number of esters is 1. The maximum atomic E-state index is 11.6. The summed E-state index contributed by atoms with van der Waals surface area (Å²) in [6.07, 6.45) is 10.5. The molecule has 0 saturated heterocycles. The molecule has 0 fully saturated rings. The smallest absolute Gasteiger partial charge is 0.308 e. The van der Waals surface area contributed by atoms with Crippen LogP contribution in [0.5, 0.6) is 0 Å². The van der Waals surface area contributed by atoms with Crippen molar-refractivity contribution < 1.29 is 38.0 Å². The van der Waals surface area contributed by atoms with Gasteiger partial charge < -0.3 is 33.2 Å². The van der Waals surface area contributed by atoms with Crippen molar-refractivity contribution >= 4 is 5.97 Å². The van der Waals surface area contributed by atoms with Crippen molar-refractivity contribution in [1.29, 1.82) is 0 Å². The molecule has 0 heterocycles. The minimum absolute atomic E-state index is 0.229. The molecule has 0 atom stereocenters. The zero-order valence-corrected chi connectivity index (χ0v) is 21.2. The number of carbonyl (C=O) groups excluding carboxylic acids is 1. The molecule has 9 nitrogen and oxygen atoms in total. The summed E-state index contributed by atoms with van der Waals surface area (Å²) < 4.78 is 37.9. The van der Waals surface area contributed by atoms with Crippen LogP contribution in [0, 0.1) is 24.7 Å². The lowest BCUT2D eigenvalue weighted by molar-refractivity contribution is -0.156. The first-order valence-electron chi connectivity index (χ1n) is 11.7. The molecule has 0 N–H and O–H groups in total. The third kappa shape index (κ3) is 24.9. The average molecular weight is 486 g/mol. The van der Waals surface area contributed by atoms with Crippen LogP contribution in [0.3, 0.4) is 0 Å². The van der Waals surface area contributed by atoms with E-state index in [1.54, 1.807) is 0 Å². The standard InChI is InChI=1S/C25H43NO8/c1-6-12-28-18-21-31-15-9-26(10-16-32-22-19-29-13-7-2)11-17-33-23-20-30-14-8-24(27)34-25(3,4)5/h1-2H,8-23H2,3-5H3. The van der Waals surface area contributed by atoms with Crippen LogP contribution < -0.4 is 0 Å². The molecule has 0 unspecified atom stereocenters. The second kappa shape index (κ2) is 23.1. The molecule has 0 aromatic rings. The van der Waals surface area contributed by atoms with E-state index >= 15 is 0 Å². The lowest BCUT2D eigenvalue weighted by Crippen LogP contribution is -2.34. The lowest BCUT2D eigenvalue weighted by atomic mass is 10.2. The molecule has 0 amide bonds. The number of carbonyl (C=O) groups is 1. The Morgan fingerprint density at radius 3 is 1.41 bits per heavy atom. The summed E-state index contributed by atoms with van der Waals surface area (Å²) in [5.41, 5.74) is -0.479. The number of hydrogen-bond acceptors (Lipinski definition) is 9. The molecule has 0 saturated carbocycles. The number of nitrogens with zero attached hydrogens (tertiary/aromatic N) is 1. The average Bonchev–Trinajstić information content (AvgIpc) is 2.77. The van der Waals surface area contributed by atoms with Crippen LogP contribution in [0.1, 0.15) is 27.2 Å². The van der Waals surface area contributed by atoms with E-state index in [4.69, 9.17) is 46.0 Å². The van der Waals surface area contributed by atoms with Crippen LogP contribution in [0.15, 0.2) is 0 Å². The number of ether oxygens (including phenoxy) is 7. The Hall–Kier alpha value is -1.69. The first-order chi connectivity index (χ1) is 16.4. The Morgan fingerprint density at radius 2 is 1.03 bits per heavy atom. The van der Waals surface area contributed by atoms with E-state index in [0.29, 0.717) is 79.3 Å². The van der Waals surface area contributed by atoms with E-state index in [2.05, 4.69) is 16.7 Å². The highest BCUT2D eigenvalue weighted by Crippen LogP contribution is 2.08. The summed E-state index contributed by atoms with van der Waals surface area (Å²) in [7, 11) is 0. The summed E-state index contributed by atoms with van der Waals surface area (Å²) in [5, 5.41) is 0. The van der Waals surface area contributed by atoms with E-state index in [1.807, 2.05) is 20.8 Å². The van der Waals surface area contributed by atoms with Gasteiger partial charge in [0, 0.05) is 19.6 Å².